The van der Waals surface area contributed by atoms with Gasteiger partial charge in [-0.25, -0.2) is 19.6 Å². The van der Waals surface area contributed by atoms with Crippen molar-refractivity contribution in [1.29, 1.82) is 0 Å². The first-order valence-electron chi connectivity index (χ1n) is 16.2. The summed E-state index contributed by atoms with van der Waals surface area (Å²) in [5, 5.41) is 5.97. The number of halogens is 1. The molecular formula is C34H37ClN8O4. The van der Waals surface area contributed by atoms with Gasteiger partial charge in [0.05, 0.1) is 40.8 Å². The highest BCUT2D eigenvalue weighted by Gasteiger charge is 2.34. The lowest BCUT2D eigenvalue weighted by Gasteiger charge is -2.34. The highest BCUT2D eigenvalue weighted by Crippen LogP contribution is 2.42. The van der Waals surface area contributed by atoms with Gasteiger partial charge in [0.15, 0.2) is 12.3 Å². The number of ether oxygens (including phenoxy) is 1. The Morgan fingerprint density at radius 2 is 1.81 bits per heavy atom. The van der Waals surface area contributed by atoms with Crippen LogP contribution in [0.4, 0.5) is 5.69 Å². The van der Waals surface area contributed by atoms with Crippen LogP contribution in [0.5, 0.6) is 5.75 Å². The smallest absolute Gasteiger partial charge is 0.265 e. The molecule has 244 valence electrons. The van der Waals surface area contributed by atoms with Gasteiger partial charge in [-0.05, 0) is 62.1 Å². The van der Waals surface area contributed by atoms with Crippen molar-refractivity contribution in [2.45, 2.75) is 77.4 Å². The number of likely N-dealkylation sites (tertiary alicyclic amines) is 1. The predicted molar refractivity (Wildman–Crippen MR) is 176 cm³/mol. The van der Waals surface area contributed by atoms with Crippen LogP contribution in [0.2, 0.25) is 5.02 Å². The number of nitrogens with two attached hydrogens (primary N) is 1. The summed E-state index contributed by atoms with van der Waals surface area (Å²) in [6.07, 6.45) is 10.5. The molecule has 1 saturated carbocycles. The van der Waals surface area contributed by atoms with Crippen molar-refractivity contribution in [3.8, 4) is 16.9 Å². The Hall–Kier alpha value is -4.58. The number of aromatic nitrogens is 5. The first kappa shape index (κ1) is 31.0. The summed E-state index contributed by atoms with van der Waals surface area (Å²) in [5.74, 6) is 0.627. The molecular weight excluding hydrogens is 620 g/mol. The summed E-state index contributed by atoms with van der Waals surface area (Å²) in [7, 11) is 0. The quantitative estimate of drug-likeness (QED) is 0.282. The molecule has 1 saturated heterocycles. The van der Waals surface area contributed by atoms with Crippen molar-refractivity contribution < 1.29 is 19.1 Å². The molecule has 0 bridgehead atoms. The summed E-state index contributed by atoms with van der Waals surface area (Å²) >= 11 is 5.95. The fraction of sp³-hybridized carbons (Fsp3) is 0.441. The van der Waals surface area contributed by atoms with Crippen molar-refractivity contribution >= 4 is 46.0 Å². The van der Waals surface area contributed by atoms with Crippen molar-refractivity contribution in [3.05, 3.63) is 58.9 Å². The van der Waals surface area contributed by atoms with Crippen LogP contribution < -0.4 is 15.4 Å². The molecule has 0 radical (unpaired) electrons. The molecule has 3 aromatic heterocycles. The molecule has 0 atom stereocenters. The van der Waals surface area contributed by atoms with Crippen molar-refractivity contribution in [2.75, 3.05) is 18.1 Å². The molecule has 47 heavy (non-hydrogen) atoms. The SMILES string of the molecule is CC(C)Cc1nc2c(cnn2C2CCC(N3CCCC3=O)CC2)c(-c2ccc3c(c2)OCC(=O)N3Cc2ncc(Cl)cn2)c1C(N)=O. The van der Waals surface area contributed by atoms with Gasteiger partial charge in [-0.15, -0.1) is 0 Å². The van der Waals surface area contributed by atoms with E-state index in [0.29, 0.717) is 63.2 Å². The number of anilines is 1. The molecule has 1 aliphatic carbocycles. The number of amides is 3. The van der Waals surface area contributed by atoms with Crippen molar-refractivity contribution in [2.24, 2.45) is 11.7 Å². The minimum atomic E-state index is -0.566. The number of benzene rings is 1. The van der Waals surface area contributed by atoms with E-state index in [1.54, 1.807) is 11.1 Å². The van der Waals surface area contributed by atoms with Gasteiger partial charge in [0.2, 0.25) is 5.91 Å². The van der Waals surface area contributed by atoms with Crippen LogP contribution in [-0.4, -0.2) is 66.5 Å². The lowest BCUT2D eigenvalue weighted by Crippen LogP contribution is -2.39. The molecule has 3 amide bonds. The third-order valence-corrected chi connectivity index (χ3v) is 9.59. The molecule has 2 aliphatic heterocycles. The van der Waals surface area contributed by atoms with Crippen LogP contribution in [0.25, 0.3) is 22.2 Å². The van der Waals surface area contributed by atoms with E-state index in [2.05, 4.69) is 28.7 Å². The Labute approximate surface area is 277 Å². The Balaban J connectivity index is 1.28. The summed E-state index contributed by atoms with van der Waals surface area (Å²) < 4.78 is 7.92. The number of rotatable bonds is 8. The first-order chi connectivity index (χ1) is 22.7. The molecule has 2 N–H and O–H groups in total. The monoisotopic (exact) mass is 656 g/mol. The maximum atomic E-state index is 13.2. The lowest BCUT2D eigenvalue weighted by molar-refractivity contribution is -0.130. The van der Waals surface area contributed by atoms with E-state index in [1.807, 2.05) is 22.9 Å². The minimum Gasteiger partial charge on any atom is -0.482 e. The van der Waals surface area contributed by atoms with E-state index in [0.717, 1.165) is 44.0 Å². The van der Waals surface area contributed by atoms with E-state index < -0.39 is 5.91 Å². The van der Waals surface area contributed by atoms with Gasteiger partial charge in [0, 0.05) is 42.4 Å². The topological polar surface area (TPSA) is 149 Å². The normalized spacial score (nSPS) is 19.8. The third kappa shape index (κ3) is 5.90. The number of hydrogen-bond acceptors (Lipinski definition) is 8. The summed E-state index contributed by atoms with van der Waals surface area (Å²) in [6, 6.07) is 5.91. The van der Waals surface area contributed by atoms with Crippen molar-refractivity contribution in [1.82, 2.24) is 29.6 Å². The molecule has 1 aromatic carbocycles. The molecule has 5 heterocycles. The Morgan fingerprint density at radius 1 is 1.06 bits per heavy atom. The van der Waals surface area contributed by atoms with E-state index in [9.17, 15) is 14.4 Å². The maximum absolute atomic E-state index is 13.2. The van der Waals surface area contributed by atoms with Gasteiger partial charge >= 0.3 is 0 Å². The highest BCUT2D eigenvalue weighted by molar-refractivity contribution is 6.30. The summed E-state index contributed by atoms with van der Waals surface area (Å²) in [6.45, 7) is 5.01. The Kier molecular flexibility index (Phi) is 8.29. The van der Waals surface area contributed by atoms with Gasteiger partial charge in [-0.3, -0.25) is 19.3 Å². The average molecular weight is 657 g/mol. The second-order valence-corrected chi connectivity index (χ2v) is 13.5. The zero-order chi connectivity index (χ0) is 32.8. The fourth-order valence-electron chi connectivity index (χ4n) is 7.24. The van der Waals surface area contributed by atoms with Crippen molar-refractivity contribution in [3.63, 3.8) is 0 Å². The van der Waals surface area contributed by atoms with Gasteiger partial charge in [-0.2, -0.15) is 5.10 Å². The average Bonchev–Trinajstić information content (AvgIpc) is 3.68. The Bertz CT molecular complexity index is 1870. The number of pyridine rings is 1. The van der Waals surface area contributed by atoms with Crippen LogP contribution in [0.15, 0.2) is 36.8 Å². The third-order valence-electron chi connectivity index (χ3n) is 9.39. The molecule has 13 heteroatoms. The van der Waals surface area contributed by atoms with Gasteiger partial charge in [-0.1, -0.05) is 31.5 Å². The molecule has 2 fully saturated rings. The van der Waals surface area contributed by atoms with Crippen LogP contribution in [-0.2, 0) is 22.6 Å². The number of fused-ring (bicyclic) bond motifs is 2. The van der Waals surface area contributed by atoms with Crippen LogP contribution in [0, 0.1) is 5.92 Å². The van der Waals surface area contributed by atoms with Gasteiger partial charge < -0.3 is 15.4 Å². The van der Waals surface area contributed by atoms with Crippen LogP contribution in [0.3, 0.4) is 0 Å². The largest absolute Gasteiger partial charge is 0.482 e. The van der Waals surface area contributed by atoms with Crippen LogP contribution in [0.1, 0.15) is 80.3 Å². The lowest BCUT2D eigenvalue weighted by atomic mass is 9.90. The summed E-state index contributed by atoms with van der Waals surface area (Å²) in [4.78, 5) is 55.7. The number of carbonyl (C=O) groups excluding carboxylic acids is 3. The standard InChI is InChI=1S/C34H37ClN8O4/c1-19(2)12-25-32(33(36)46)31(20-5-10-26-27(13-20)47-18-30(45)42(26)17-28-37-14-21(35)15-38-28)24-16-39-43(34(24)40-25)23-8-6-22(7-9-23)41-11-3-4-29(41)44/h5,10,13-16,19,22-23H,3-4,6-9,11-12,17-18H2,1-2H3,(H2,36,46). The second-order valence-electron chi connectivity index (χ2n) is 13.0. The molecule has 12 nitrogen and oxygen atoms in total. The molecule has 7 rings (SSSR count). The second kappa shape index (κ2) is 12.6. The zero-order valence-corrected chi connectivity index (χ0v) is 27.2. The molecule has 4 aromatic rings. The van der Waals surface area contributed by atoms with Gasteiger partial charge in [0.25, 0.3) is 11.8 Å². The Morgan fingerprint density at radius 3 is 2.49 bits per heavy atom. The maximum Gasteiger partial charge on any atom is 0.265 e. The zero-order valence-electron chi connectivity index (χ0n) is 26.5. The van der Waals surface area contributed by atoms with E-state index in [-0.39, 0.29) is 43.0 Å². The van der Waals surface area contributed by atoms with Gasteiger partial charge in [0.1, 0.15) is 11.6 Å². The number of nitrogens with zero attached hydrogens (tertiary/aromatic N) is 7. The molecule has 0 unspecified atom stereocenters. The van der Waals surface area contributed by atoms with Crippen LogP contribution >= 0.6 is 11.6 Å². The molecule has 3 aliphatic rings. The highest BCUT2D eigenvalue weighted by atomic mass is 35.5. The minimum absolute atomic E-state index is 0.120. The number of primary amides is 1. The number of hydrogen-bond donors (Lipinski definition) is 1. The summed E-state index contributed by atoms with van der Waals surface area (Å²) in [5.41, 5.74) is 9.71. The van der Waals surface area contributed by atoms with E-state index >= 15 is 0 Å². The van der Waals surface area contributed by atoms with E-state index in [1.165, 1.54) is 12.4 Å². The fourth-order valence-corrected chi connectivity index (χ4v) is 7.34. The molecule has 0 spiro atoms. The predicted octanol–water partition coefficient (Wildman–Crippen LogP) is 4.87. The first-order valence-corrected chi connectivity index (χ1v) is 16.6. The van der Waals surface area contributed by atoms with E-state index in [4.69, 9.17) is 32.2 Å². The number of carbonyl (C=O) groups is 3.